The van der Waals surface area contributed by atoms with Crippen LogP contribution >= 0.6 is 11.8 Å². The third-order valence-electron chi connectivity index (χ3n) is 3.37. The molecule has 0 unspecified atom stereocenters. The minimum absolute atomic E-state index is 0.203. The molecule has 0 saturated heterocycles. The first-order valence-electron chi connectivity index (χ1n) is 7.49. The molecule has 0 bridgehead atoms. The van der Waals surface area contributed by atoms with Gasteiger partial charge in [0, 0.05) is 23.9 Å². The summed E-state index contributed by atoms with van der Waals surface area (Å²) in [5, 5.41) is 12.7. The lowest BCUT2D eigenvalue weighted by Gasteiger charge is -2.10. The fourth-order valence-corrected chi connectivity index (χ4v) is 2.53. The third kappa shape index (κ3) is 6.30. The van der Waals surface area contributed by atoms with Crippen molar-refractivity contribution in [3.63, 3.8) is 0 Å². The van der Waals surface area contributed by atoms with Crippen molar-refractivity contribution in [2.75, 3.05) is 12.8 Å². The predicted molar refractivity (Wildman–Crippen MR) is 96.4 cm³/mol. The zero-order valence-corrected chi connectivity index (χ0v) is 13.9. The molecule has 0 aliphatic rings. The molecule has 2 N–H and O–H groups in total. The summed E-state index contributed by atoms with van der Waals surface area (Å²) in [6.45, 7) is 0.240. The zero-order valence-electron chi connectivity index (χ0n) is 13.1. The van der Waals surface area contributed by atoms with Crippen LogP contribution in [-0.4, -0.2) is 29.9 Å². The maximum atomic E-state index is 11.8. The Morgan fingerprint density at radius 2 is 1.87 bits per heavy atom. The Labute approximate surface area is 141 Å². The third-order valence-corrected chi connectivity index (χ3v) is 4.11. The summed E-state index contributed by atoms with van der Waals surface area (Å²) in [6, 6.07) is 17.7. The van der Waals surface area contributed by atoms with E-state index in [0.717, 1.165) is 11.1 Å². The van der Waals surface area contributed by atoms with Gasteiger partial charge in [0.15, 0.2) is 0 Å². The Balaban J connectivity index is 1.76. The van der Waals surface area contributed by atoms with Gasteiger partial charge in [0.25, 0.3) is 0 Å². The predicted octanol–water partition coefficient (Wildman–Crippen LogP) is 3.14. The maximum absolute atomic E-state index is 11.8. The van der Waals surface area contributed by atoms with Crippen LogP contribution < -0.4 is 5.32 Å². The second-order valence-electron chi connectivity index (χ2n) is 5.20. The number of carbonyl (C=O) groups excluding carboxylic acids is 1. The number of benzene rings is 2. The fraction of sp³-hybridized carbons (Fsp3) is 0.211. The van der Waals surface area contributed by atoms with Crippen LogP contribution in [0.3, 0.4) is 0 Å². The van der Waals surface area contributed by atoms with Crippen LogP contribution in [-0.2, 0) is 11.2 Å². The van der Waals surface area contributed by atoms with E-state index in [4.69, 9.17) is 0 Å². The first-order chi connectivity index (χ1) is 11.2. The summed E-state index contributed by atoms with van der Waals surface area (Å²) in [5.74, 6) is -0.203. The van der Waals surface area contributed by atoms with Crippen molar-refractivity contribution in [2.24, 2.45) is 0 Å². The molecule has 1 atom stereocenters. The van der Waals surface area contributed by atoms with Gasteiger partial charge in [-0.15, -0.1) is 11.8 Å². The number of rotatable bonds is 7. The Morgan fingerprint density at radius 1 is 1.17 bits per heavy atom. The van der Waals surface area contributed by atoms with E-state index in [0.29, 0.717) is 6.42 Å². The lowest BCUT2D eigenvalue weighted by atomic mass is 10.1. The molecule has 0 aliphatic carbocycles. The summed E-state index contributed by atoms with van der Waals surface area (Å²) < 4.78 is 0. The summed E-state index contributed by atoms with van der Waals surface area (Å²) in [6.07, 6.45) is 5.22. The molecular formula is C19H21NO2S. The average Bonchev–Trinajstić information content (AvgIpc) is 2.59. The molecular weight excluding hydrogens is 306 g/mol. The average molecular weight is 327 g/mol. The monoisotopic (exact) mass is 327 g/mol. The standard InChI is InChI=1S/C19H21NO2S/c1-23-18-10-7-15(8-11-18)9-12-19(22)20-14-17(21)13-16-5-3-2-4-6-16/h2-12,17,21H,13-14H2,1H3,(H,20,22)/b12-9+/t17-/m0/s1. The summed E-state index contributed by atoms with van der Waals surface area (Å²) in [5.41, 5.74) is 2.03. The highest BCUT2D eigenvalue weighted by atomic mass is 32.2. The SMILES string of the molecule is CSc1ccc(/C=C/C(=O)NC[C@@H](O)Cc2ccccc2)cc1. The molecule has 1 amide bonds. The molecule has 4 heteroatoms. The second-order valence-corrected chi connectivity index (χ2v) is 6.07. The quantitative estimate of drug-likeness (QED) is 0.607. The number of aliphatic hydroxyl groups is 1. The first-order valence-corrected chi connectivity index (χ1v) is 8.72. The van der Waals surface area contributed by atoms with Crippen LogP contribution in [0.15, 0.2) is 65.6 Å². The molecule has 2 aromatic carbocycles. The molecule has 0 spiro atoms. The largest absolute Gasteiger partial charge is 0.391 e. The van der Waals surface area contributed by atoms with E-state index in [1.807, 2.05) is 60.9 Å². The Morgan fingerprint density at radius 3 is 2.52 bits per heavy atom. The van der Waals surface area contributed by atoms with Gasteiger partial charge in [-0.2, -0.15) is 0 Å². The molecule has 0 radical (unpaired) electrons. The van der Waals surface area contributed by atoms with Gasteiger partial charge in [-0.3, -0.25) is 4.79 Å². The van der Waals surface area contributed by atoms with E-state index in [1.54, 1.807) is 17.8 Å². The molecule has 0 heterocycles. The number of carbonyl (C=O) groups is 1. The van der Waals surface area contributed by atoms with Crippen LogP contribution in [0.4, 0.5) is 0 Å². The van der Waals surface area contributed by atoms with Gasteiger partial charge < -0.3 is 10.4 Å². The molecule has 0 saturated carbocycles. The summed E-state index contributed by atoms with van der Waals surface area (Å²) >= 11 is 1.68. The zero-order chi connectivity index (χ0) is 16.5. The van der Waals surface area contributed by atoms with E-state index >= 15 is 0 Å². The molecule has 2 aromatic rings. The van der Waals surface area contributed by atoms with Crippen LogP contribution in [0.5, 0.6) is 0 Å². The Hall–Kier alpha value is -2.04. The van der Waals surface area contributed by atoms with E-state index in [-0.39, 0.29) is 12.5 Å². The highest BCUT2D eigenvalue weighted by molar-refractivity contribution is 7.98. The van der Waals surface area contributed by atoms with Crippen molar-refractivity contribution in [2.45, 2.75) is 17.4 Å². The van der Waals surface area contributed by atoms with Crippen LogP contribution in [0.2, 0.25) is 0 Å². The summed E-state index contributed by atoms with van der Waals surface area (Å²) in [4.78, 5) is 13.0. The summed E-state index contributed by atoms with van der Waals surface area (Å²) in [7, 11) is 0. The van der Waals surface area contributed by atoms with Crippen molar-refractivity contribution in [1.29, 1.82) is 0 Å². The van der Waals surface area contributed by atoms with Crippen LogP contribution in [0, 0.1) is 0 Å². The van der Waals surface area contributed by atoms with Gasteiger partial charge in [-0.05, 0) is 35.6 Å². The highest BCUT2D eigenvalue weighted by Gasteiger charge is 2.06. The lowest BCUT2D eigenvalue weighted by molar-refractivity contribution is -0.116. The second kappa shape index (κ2) is 9.18. The maximum Gasteiger partial charge on any atom is 0.244 e. The van der Waals surface area contributed by atoms with Gasteiger partial charge >= 0.3 is 0 Å². The van der Waals surface area contributed by atoms with Gasteiger partial charge in [0.05, 0.1) is 6.10 Å². The molecule has 23 heavy (non-hydrogen) atoms. The topological polar surface area (TPSA) is 49.3 Å². The number of hydrogen-bond acceptors (Lipinski definition) is 3. The lowest BCUT2D eigenvalue weighted by Crippen LogP contribution is -2.32. The normalized spacial score (nSPS) is 12.3. The van der Waals surface area contributed by atoms with E-state index in [2.05, 4.69) is 5.32 Å². The number of amides is 1. The number of nitrogens with one attached hydrogen (secondary N) is 1. The molecule has 0 aliphatic heterocycles. The van der Waals surface area contributed by atoms with Crippen molar-refractivity contribution >= 4 is 23.7 Å². The van der Waals surface area contributed by atoms with Gasteiger partial charge in [0.1, 0.15) is 0 Å². The van der Waals surface area contributed by atoms with Gasteiger partial charge in [-0.1, -0.05) is 42.5 Å². The molecule has 120 valence electrons. The molecule has 3 nitrogen and oxygen atoms in total. The Bertz CT molecular complexity index is 638. The van der Waals surface area contributed by atoms with Crippen molar-refractivity contribution < 1.29 is 9.90 Å². The minimum Gasteiger partial charge on any atom is -0.391 e. The number of hydrogen-bond donors (Lipinski definition) is 2. The Kier molecular flexibility index (Phi) is 6.91. The van der Waals surface area contributed by atoms with Crippen molar-refractivity contribution in [3.8, 4) is 0 Å². The number of thioether (sulfide) groups is 1. The fourth-order valence-electron chi connectivity index (χ4n) is 2.12. The van der Waals surface area contributed by atoms with E-state index in [1.165, 1.54) is 11.0 Å². The van der Waals surface area contributed by atoms with Crippen molar-refractivity contribution in [1.82, 2.24) is 5.32 Å². The van der Waals surface area contributed by atoms with Gasteiger partial charge in [-0.25, -0.2) is 0 Å². The van der Waals surface area contributed by atoms with E-state index < -0.39 is 6.10 Å². The first kappa shape index (κ1) is 17.3. The van der Waals surface area contributed by atoms with Crippen LogP contribution in [0.25, 0.3) is 6.08 Å². The molecule has 0 fully saturated rings. The molecule has 2 rings (SSSR count). The minimum atomic E-state index is -0.587. The van der Waals surface area contributed by atoms with E-state index in [9.17, 15) is 9.90 Å². The van der Waals surface area contributed by atoms with Gasteiger partial charge in [0.2, 0.25) is 5.91 Å². The van der Waals surface area contributed by atoms with Crippen LogP contribution in [0.1, 0.15) is 11.1 Å². The highest BCUT2D eigenvalue weighted by Crippen LogP contribution is 2.15. The van der Waals surface area contributed by atoms with Crippen molar-refractivity contribution in [3.05, 3.63) is 71.8 Å². The number of aliphatic hydroxyl groups excluding tert-OH is 1. The molecule has 0 aromatic heterocycles. The smallest absolute Gasteiger partial charge is 0.244 e.